The Kier molecular flexibility index (Phi) is 5.34. The molecule has 2 aromatic heterocycles. The lowest BCUT2D eigenvalue weighted by atomic mass is 10.1. The van der Waals surface area contributed by atoms with E-state index in [1.807, 2.05) is 4.57 Å². The standard InChI is InChI=1S/C22H25F4N5/c23-15-5-6-16-17(13-15)28-20(22(24,25)26)18-19(16)31(12-11-30-9-7-27-8-10-30)21(29-18)14-3-1-2-4-14/h5-6,13-14,27H,1-4,7-12H2. The Bertz CT molecular complexity index is 1090. The Morgan fingerprint density at radius 3 is 2.48 bits per heavy atom. The highest BCUT2D eigenvalue weighted by molar-refractivity contribution is 6.03. The van der Waals surface area contributed by atoms with Gasteiger partial charge in [-0.05, 0) is 25.0 Å². The highest BCUT2D eigenvalue weighted by Crippen LogP contribution is 2.40. The van der Waals surface area contributed by atoms with Crippen molar-refractivity contribution in [3.05, 3.63) is 35.5 Å². The first kappa shape index (κ1) is 20.6. The van der Waals surface area contributed by atoms with Gasteiger partial charge in [-0.3, -0.25) is 4.90 Å². The molecule has 2 fully saturated rings. The zero-order valence-corrected chi connectivity index (χ0v) is 17.2. The zero-order valence-electron chi connectivity index (χ0n) is 17.2. The predicted octanol–water partition coefficient (Wildman–Crippen LogP) is 4.31. The van der Waals surface area contributed by atoms with Gasteiger partial charge in [-0.2, -0.15) is 13.2 Å². The monoisotopic (exact) mass is 435 g/mol. The number of halogens is 4. The van der Waals surface area contributed by atoms with Gasteiger partial charge < -0.3 is 9.88 Å². The molecule has 0 unspecified atom stereocenters. The molecule has 0 atom stereocenters. The maximum atomic E-state index is 13.9. The van der Waals surface area contributed by atoms with Crippen molar-refractivity contribution in [3.8, 4) is 0 Å². The van der Waals surface area contributed by atoms with Gasteiger partial charge in [0.05, 0.1) is 11.0 Å². The van der Waals surface area contributed by atoms with E-state index >= 15 is 0 Å². The minimum Gasteiger partial charge on any atom is -0.326 e. The second-order valence-corrected chi connectivity index (χ2v) is 8.51. The van der Waals surface area contributed by atoms with Gasteiger partial charge >= 0.3 is 6.18 Å². The van der Waals surface area contributed by atoms with Crippen LogP contribution in [0.25, 0.3) is 21.9 Å². The molecule has 3 aromatic rings. The number of nitrogens with one attached hydrogen (secondary N) is 1. The van der Waals surface area contributed by atoms with Crippen molar-refractivity contribution >= 4 is 21.9 Å². The second kappa shape index (κ2) is 8.02. The Morgan fingerprint density at radius 2 is 1.77 bits per heavy atom. The van der Waals surface area contributed by atoms with Gasteiger partial charge in [-0.25, -0.2) is 14.4 Å². The van der Waals surface area contributed by atoms with Crippen molar-refractivity contribution in [3.63, 3.8) is 0 Å². The first-order chi connectivity index (χ1) is 14.9. The summed E-state index contributed by atoms with van der Waals surface area (Å²) >= 11 is 0. The molecule has 1 saturated carbocycles. The third kappa shape index (κ3) is 3.89. The molecular formula is C22H25F4N5. The summed E-state index contributed by atoms with van der Waals surface area (Å²) in [4.78, 5) is 10.7. The number of benzene rings is 1. The number of fused-ring (bicyclic) bond motifs is 3. The lowest BCUT2D eigenvalue weighted by Crippen LogP contribution is -2.44. The number of nitrogens with zero attached hydrogens (tertiary/aromatic N) is 4. The summed E-state index contributed by atoms with van der Waals surface area (Å²) in [5.41, 5.74) is -0.704. The van der Waals surface area contributed by atoms with Crippen LogP contribution in [0.5, 0.6) is 0 Å². The Balaban J connectivity index is 1.71. The molecule has 0 amide bonds. The molecule has 5 nitrogen and oxygen atoms in total. The number of imidazole rings is 1. The van der Waals surface area contributed by atoms with E-state index < -0.39 is 17.7 Å². The predicted molar refractivity (Wildman–Crippen MR) is 111 cm³/mol. The molecule has 2 aliphatic rings. The molecule has 0 bridgehead atoms. The SMILES string of the molecule is Fc1ccc2c(c1)nc(C(F)(F)F)c1nc(C3CCCC3)n(CCN3CCNCC3)c12. The van der Waals surface area contributed by atoms with E-state index in [-0.39, 0.29) is 17.0 Å². The maximum Gasteiger partial charge on any atom is 0.435 e. The van der Waals surface area contributed by atoms with Crippen molar-refractivity contribution in [1.82, 2.24) is 24.8 Å². The molecule has 1 aliphatic heterocycles. The van der Waals surface area contributed by atoms with Crippen LogP contribution < -0.4 is 5.32 Å². The third-order valence-corrected chi connectivity index (χ3v) is 6.51. The summed E-state index contributed by atoms with van der Waals surface area (Å²) in [7, 11) is 0. The number of piperazine rings is 1. The zero-order chi connectivity index (χ0) is 21.6. The van der Waals surface area contributed by atoms with Crippen molar-refractivity contribution in [1.29, 1.82) is 0 Å². The number of hydrogen-bond donors (Lipinski definition) is 1. The molecule has 0 radical (unpaired) electrons. The highest BCUT2D eigenvalue weighted by Gasteiger charge is 2.38. The first-order valence-corrected chi connectivity index (χ1v) is 10.9. The molecule has 1 aromatic carbocycles. The molecule has 9 heteroatoms. The van der Waals surface area contributed by atoms with Crippen LogP contribution in [0.15, 0.2) is 18.2 Å². The van der Waals surface area contributed by atoms with Gasteiger partial charge in [0.1, 0.15) is 17.2 Å². The quantitative estimate of drug-likeness (QED) is 0.621. The molecule has 3 heterocycles. The normalized spacial score (nSPS) is 19.1. The third-order valence-electron chi connectivity index (χ3n) is 6.51. The Morgan fingerprint density at radius 1 is 1.03 bits per heavy atom. The van der Waals surface area contributed by atoms with E-state index in [9.17, 15) is 17.6 Å². The molecule has 166 valence electrons. The fraction of sp³-hybridized carbons (Fsp3) is 0.545. The van der Waals surface area contributed by atoms with Gasteiger partial charge in [0, 0.05) is 56.6 Å². The van der Waals surface area contributed by atoms with Crippen LogP contribution in [0, 0.1) is 5.82 Å². The van der Waals surface area contributed by atoms with E-state index in [1.54, 1.807) is 0 Å². The van der Waals surface area contributed by atoms with Crippen molar-refractivity contribution < 1.29 is 17.6 Å². The van der Waals surface area contributed by atoms with Crippen LogP contribution >= 0.6 is 0 Å². The molecule has 31 heavy (non-hydrogen) atoms. The highest BCUT2D eigenvalue weighted by atomic mass is 19.4. The van der Waals surface area contributed by atoms with Crippen molar-refractivity contribution in [2.75, 3.05) is 32.7 Å². The molecule has 0 spiro atoms. The van der Waals surface area contributed by atoms with E-state index in [0.717, 1.165) is 64.5 Å². The van der Waals surface area contributed by atoms with Crippen LogP contribution in [0.3, 0.4) is 0 Å². The molecule has 1 N–H and O–H groups in total. The first-order valence-electron chi connectivity index (χ1n) is 10.9. The molecule has 5 rings (SSSR count). The topological polar surface area (TPSA) is 46.0 Å². The smallest absolute Gasteiger partial charge is 0.326 e. The van der Waals surface area contributed by atoms with Crippen LogP contribution in [0.1, 0.15) is 43.1 Å². The van der Waals surface area contributed by atoms with E-state index in [4.69, 9.17) is 0 Å². The van der Waals surface area contributed by atoms with Crippen molar-refractivity contribution in [2.24, 2.45) is 0 Å². The molecule has 1 saturated heterocycles. The Labute approximate surface area is 177 Å². The lowest BCUT2D eigenvalue weighted by Gasteiger charge is -2.28. The summed E-state index contributed by atoms with van der Waals surface area (Å²) in [6.45, 7) is 4.92. The second-order valence-electron chi connectivity index (χ2n) is 8.51. The molecular weight excluding hydrogens is 410 g/mol. The average molecular weight is 435 g/mol. The van der Waals surface area contributed by atoms with Crippen LogP contribution in [0.4, 0.5) is 17.6 Å². The van der Waals surface area contributed by atoms with E-state index in [0.29, 0.717) is 23.3 Å². The summed E-state index contributed by atoms with van der Waals surface area (Å²) in [6.07, 6.45) is -0.690. The van der Waals surface area contributed by atoms with Crippen LogP contribution in [0.2, 0.25) is 0 Å². The van der Waals surface area contributed by atoms with Gasteiger partial charge in [-0.15, -0.1) is 0 Å². The summed E-state index contributed by atoms with van der Waals surface area (Å²) in [5.74, 6) is 0.258. The number of aromatic nitrogens is 3. The largest absolute Gasteiger partial charge is 0.435 e. The number of rotatable bonds is 4. The number of alkyl halides is 3. The van der Waals surface area contributed by atoms with Gasteiger partial charge in [0.25, 0.3) is 0 Å². The van der Waals surface area contributed by atoms with Crippen LogP contribution in [-0.2, 0) is 12.7 Å². The Hall–Kier alpha value is -2.26. The van der Waals surface area contributed by atoms with Gasteiger partial charge in [0.2, 0.25) is 0 Å². The minimum absolute atomic E-state index is 0.0149. The number of hydrogen-bond acceptors (Lipinski definition) is 4. The maximum absolute atomic E-state index is 13.9. The van der Waals surface area contributed by atoms with Gasteiger partial charge in [-0.1, -0.05) is 12.8 Å². The van der Waals surface area contributed by atoms with Gasteiger partial charge in [0.15, 0.2) is 5.69 Å². The van der Waals surface area contributed by atoms with E-state index in [2.05, 4.69) is 20.2 Å². The summed E-state index contributed by atoms with van der Waals surface area (Å²) in [5, 5.41) is 3.83. The minimum atomic E-state index is -4.66. The molecule has 1 aliphatic carbocycles. The lowest BCUT2D eigenvalue weighted by molar-refractivity contribution is -0.139. The number of pyridine rings is 1. The summed E-state index contributed by atoms with van der Waals surface area (Å²) in [6, 6.07) is 3.88. The van der Waals surface area contributed by atoms with E-state index in [1.165, 1.54) is 12.1 Å². The fourth-order valence-corrected chi connectivity index (χ4v) is 4.98. The van der Waals surface area contributed by atoms with Crippen molar-refractivity contribution in [2.45, 2.75) is 44.3 Å². The van der Waals surface area contributed by atoms with Crippen LogP contribution in [-0.4, -0.2) is 52.2 Å². The fourth-order valence-electron chi connectivity index (χ4n) is 4.98. The average Bonchev–Trinajstić information content (AvgIpc) is 3.39. The summed E-state index contributed by atoms with van der Waals surface area (Å²) < 4.78 is 57.6.